The van der Waals surface area contributed by atoms with E-state index >= 15 is 0 Å². The average Bonchev–Trinajstić information content (AvgIpc) is 3.22. The lowest BCUT2D eigenvalue weighted by Gasteiger charge is -2.18. The Bertz CT molecular complexity index is 823. The van der Waals surface area contributed by atoms with E-state index in [1.165, 1.54) is 6.07 Å². The second-order valence-corrected chi connectivity index (χ2v) is 7.25. The van der Waals surface area contributed by atoms with Gasteiger partial charge in [0.05, 0.1) is 11.3 Å². The van der Waals surface area contributed by atoms with Gasteiger partial charge in [0.25, 0.3) is 0 Å². The molecule has 3 rings (SSSR count). The molecule has 6 heteroatoms. The molecule has 2 aromatic rings. The first-order valence-electron chi connectivity index (χ1n) is 9.54. The van der Waals surface area contributed by atoms with Crippen molar-refractivity contribution >= 4 is 5.71 Å². The van der Waals surface area contributed by atoms with Crippen molar-refractivity contribution in [3.05, 3.63) is 70.3 Å². The van der Waals surface area contributed by atoms with E-state index in [1.807, 2.05) is 24.3 Å². The number of alkyl halides is 3. The van der Waals surface area contributed by atoms with Crippen LogP contribution in [0.25, 0.3) is 0 Å². The van der Waals surface area contributed by atoms with E-state index in [2.05, 4.69) is 5.16 Å². The molecule has 0 saturated heterocycles. The predicted octanol–water partition coefficient (Wildman–Crippen LogP) is 5.76. The third-order valence-electron chi connectivity index (χ3n) is 5.26. The number of benzene rings is 2. The zero-order valence-corrected chi connectivity index (χ0v) is 15.9. The summed E-state index contributed by atoms with van der Waals surface area (Å²) in [7, 11) is 0. The number of oxime groups is 1. The van der Waals surface area contributed by atoms with Crippen molar-refractivity contribution in [1.29, 1.82) is 0 Å². The minimum Gasteiger partial charge on any atom is -0.391 e. The molecule has 28 heavy (non-hydrogen) atoms. The molecule has 0 bridgehead atoms. The van der Waals surface area contributed by atoms with Gasteiger partial charge in [-0.05, 0) is 54.0 Å². The quantitative estimate of drug-likeness (QED) is 0.503. The highest BCUT2D eigenvalue weighted by Crippen LogP contribution is 2.41. The molecule has 0 unspecified atom stereocenters. The van der Waals surface area contributed by atoms with Gasteiger partial charge in [0, 0.05) is 6.54 Å². The van der Waals surface area contributed by atoms with Crippen molar-refractivity contribution in [2.75, 3.05) is 0 Å². The molecule has 0 spiro atoms. The van der Waals surface area contributed by atoms with Crippen LogP contribution in [0.5, 0.6) is 0 Å². The van der Waals surface area contributed by atoms with Gasteiger partial charge in [-0.15, -0.1) is 0 Å². The average molecular weight is 390 g/mol. The standard InChI is InChI=1S/C22H25F3N2O/c1-15(18-9-6-16(13-26)7-10-18)27-28-14-17-8-11-20(19-4-2-3-5-19)21(12-17)22(23,24)25/h6-12,19H,2-5,13-14,26H2,1H3. The Hall–Kier alpha value is -2.34. The van der Waals surface area contributed by atoms with Gasteiger partial charge in [-0.25, -0.2) is 0 Å². The monoisotopic (exact) mass is 390 g/mol. The van der Waals surface area contributed by atoms with Crippen molar-refractivity contribution in [2.24, 2.45) is 10.9 Å². The number of halogens is 3. The topological polar surface area (TPSA) is 47.6 Å². The molecular weight excluding hydrogens is 365 g/mol. The summed E-state index contributed by atoms with van der Waals surface area (Å²) in [6.07, 6.45) is -0.727. The fraction of sp³-hybridized carbons (Fsp3) is 0.409. The summed E-state index contributed by atoms with van der Waals surface area (Å²) in [6, 6.07) is 12.1. The van der Waals surface area contributed by atoms with Crippen molar-refractivity contribution in [1.82, 2.24) is 0 Å². The van der Waals surface area contributed by atoms with Crippen molar-refractivity contribution < 1.29 is 18.0 Å². The minimum absolute atomic E-state index is 0.00310. The maximum atomic E-state index is 13.5. The molecule has 2 N–H and O–H groups in total. The molecule has 1 fully saturated rings. The Kier molecular flexibility index (Phi) is 6.39. The molecule has 0 radical (unpaired) electrons. The summed E-state index contributed by atoms with van der Waals surface area (Å²) in [4.78, 5) is 5.32. The summed E-state index contributed by atoms with van der Waals surface area (Å²) < 4.78 is 40.6. The number of hydrogen-bond donors (Lipinski definition) is 1. The summed E-state index contributed by atoms with van der Waals surface area (Å²) in [5, 5.41) is 4.04. The highest BCUT2D eigenvalue weighted by atomic mass is 19.4. The number of rotatable bonds is 6. The highest BCUT2D eigenvalue weighted by molar-refractivity contribution is 5.98. The molecular formula is C22H25F3N2O. The Labute approximate surface area is 163 Å². The normalized spacial score (nSPS) is 15.8. The van der Waals surface area contributed by atoms with Crippen LogP contribution in [0.3, 0.4) is 0 Å². The molecule has 150 valence electrons. The molecule has 0 aromatic heterocycles. The maximum absolute atomic E-state index is 13.5. The van der Waals surface area contributed by atoms with Gasteiger partial charge in [-0.3, -0.25) is 0 Å². The van der Waals surface area contributed by atoms with Crippen LogP contribution in [-0.2, 0) is 24.2 Å². The first-order valence-corrected chi connectivity index (χ1v) is 9.54. The molecule has 1 aliphatic rings. The molecule has 3 nitrogen and oxygen atoms in total. The van der Waals surface area contributed by atoms with E-state index < -0.39 is 11.7 Å². The largest absolute Gasteiger partial charge is 0.416 e. The van der Waals surface area contributed by atoms with E-state index in [0.717, 1.165) is 36.8 Å². The van der Waals surface area contributed by atoms with E-state index in [9.17, 15) is 13.2 Å². The van der Waals surface area contributed by atoms with Crippen LogP contribution in [0, 0.1) is 0 Å². The van der Waals surface area contributed by atoms with E-state index in [1.54, 1.807) is 19.1 Å². The van der Waals surface area contributed by atoms with Crippen LogP contribution in [0.1, 0.15) is 66.3 Å². The minimum atomic E-state index is -4.36. The summed E-state index contributed by atoms with van der Waals surface area (Å²) in [5.41, 5.74) is 8.46. The van der Waals surface area contributed by atoms with Crippen LogP contribution >= 0.6 is 0 Å². The van der Waals surface area contributed by atoms with Gasteiger partial charge in [0.2, 0.25) is 0 Å². The van der Waals surface area contributed by atoms with E-state index in [4.69, 9.17) is 10.6 Å². The molecule has 1 saturated carbocycles. The van der Waals surface area contributed by atoms with Gasteiger partial charge >= 0.3 is 6.18 Å². The third-order valence-corrected chi connectivity index (χ3v) is 5.26. The Morgan fingerprint density at radius 1 is 1.07 bits per heavy atom. The smallest absolute Gasteiger partial charge is 0.391 e. The number of nitrogens with zero attached hydrogens (tertiary/aromatic N) is 1. The predicted molar refractivity (Wildman–Crippen MR) is 104 cm³/mol. The second kappa shape index (κ2) is 8.78. The van der Waals surface area contributed by atoms with Gasteiger partial charge in [0.15, 0.2) is 0 Å². The fourth-order valence-electron chi connectivity index (χ4n) is 3.67. The SMILES string of the molecule is CC(=NOCc1ccc(C2CCCC2)c(C(F)(F)F)c1)c1ccc(CN)cc1. The molecule has 2 aromatic carbocycles. The maximum Gasteiger partial charge on any atom is 0.416 e. The van der Waals surface area contributed by atoms with Crippen LogP contribution < -0.4 is 5.73 Å². The summed E-state index contributed by atoms with van der Waals surface area (Å²) in [6.45, 7) is 2.25. The zero-order chi connectivity index (χ0) is 20.1. The van der Waals surface area contributed by atoms with Crippen LogP contribution in [0.2, 0.25) is 0 Å². The zero-order valence-electron chi connectivity index (χ0n) is 15.9. The summed E-state index contributed by atoms with van der Waals surface area (Å²) in [5.74, 6) is 0.00310. The fourth-order valence-corrected chi connectivity index (χ4v) is 3.67. The molecule has 1 aliphatic carbocycles. The van der Waals surface area contributed by atoms with Crippen molar-refractivity contribution in [3.63, 3.8) is 0 Å². The van der Waals surface area contributed by atoms with E-state index in [-0.39, 0.29) is 12.5 Å². The van der Waals surface area contributed by atoms with Gasteiger partial charge < -0.3 is 10.6 Å². The lowest BCUT2D eigenvalue weighted by Crippen LogP contribution is -2.12. The van der Waals surface area contributed by atoms with Crippen molar-refractivity contribution in [2.45, 2.75) is 57.9 Å². The first kappa shape index (κ1) is 20.4. The number of nitrogens with two attached hydrogens (primary N) is 1. The Morgan fingerprint density at radius 2 is 1.71 bits per heavy atom. The van der Waals surface area contributed by atoms with E-state index in [0.29, 0.717) is 23.4 Å². The lowest BCUT2D eigenvalue weighted by atomic mass is 9.91. The van der Waals surface area contributed by atoms with Gasteiger partial charge in [0.1, 0.15) is 6.61 Å². The first-order chi connectivity index (χ1) is 13.4. The summed E-state index contributed by atoms with van der Waals surface area (Å²) >= 11 is 0. The molecule has 0 atom stereocenters. The highest BCUT2D eigenvalue weighted by Gasteiger charge is 2.36. The Morgan fingerprint density at radius 3 is 2.32 bits per heavy atom. The lowest BCUT2D eigenvalue weighted by molar-refractivity contribution is -0.138. The number of hydrogen-bond acceptors (Lipinski definition) is 3. The van der Waals surface area contributed by atoms with Crippen LogP contribution in [-0.4, -0.2) is 5.71 Å². The van der Waals surface area contributed by atoms with Gasteiger partial charge in [-0.2, -0.15) is 13.2 Å². The molecule has 0 amide bonds. The van der Waals surface area contributed by atoms with Gasteiger partial charge in [-0.1, -0.05) is 54.4 Å². The van der Waals surface area contributed by atoms with Crippen LogP contribution in [0.4, 0.5) is 13.2 Å². The van der Waals surface area contributed by atoms with Crippen molar-refractivity contribution in [3.8, 4) is 0 Å². The third kappa shape index (κ3) is 4.93. The Balaban J connectivity index is 1.71. The molecule has 0 heterocycles. The second-order valence-electron chi connectivity index (χ2n) is 7.25. The van der Waals surface area contributed by atoms with Crippen LogP contribution in [0.15, 0.2) is 47.6 Å². The molecule has 0 aliphatic heterocycles.